The lowest BCUT2D eigenvalue weighted by atomic mass is 10.2. The molecule has 0 saturated heterocycles. The summed E-state index contributed by atoms with van der Waals surface area (Å²) in [5, 5.41) is 12.2. The van der Waals surface area contributed by atoms with Crippen molar-refractivity contribution in [1.29, 1.82) is 0 Å². The molecule has 0 amide bonds. The predicted octanol–water partition coefficient (Wildman–Crippen LogP) is 3.01. The van der Waals surface area contributed by atoms with Crippen molar-refractivity contribution in [3.63, 3.8) is 0 Å². The Morgan fingerprint density at radius 3 is 2.32 bits per heavy atom. The highest BCUT2D eigenvalue weighted by atomic mass is 35.5. The topological polar surface area (TPSA) is 67.8 Å². The Balaban J connectivity index is 1.98. The quantitative estimate of drug-likeness (QED) is 0.390. The predicted molar refractivity (Wildman–Crippen MR) is 74.7 cm³/mol. The van der Waals surface area contributed by atoms with Gasteiger partial charge in [0.15, 0.2) is 5.84 Å². The highest BCUT2D eigenvalue weighted by Gasteiger charge is 2.00. The average Bonchev–Trinajstić information content (AvgIpc) is 2.46. The Kier molecular flexibility index (Phi) is 4.26. The van der Waals surface area contributed by atoms with E-state index in [2.05, 4.69) is 5.16 Å². The molecule has 0 fully saturated rings. The standard InChI is InChI=1S/C14H13ClN2O2/c15-12-5-1-10(2-6-12)9-19-13-7-3-11(4-8-13)14(16)17-18/h1-8,18H,9H2,(H2,16,17). The van der Waals surface area contributed by atoms with Crippen molar-refractivity contribution in [2.24, 2.45) is 10.9 Å². The van der Waals surface area contributed by atoms with E-state index < -0.39 is 0 Å². The summed E-state index contributed by atoms with van der Waals surface area (Å²) in [6, 6.07) is 14.5. The molecule has 3 N–H and O–H groups in total. The summed E-state index contributed by atoms with van der Waals surface area (Å²) < 4.78 is 5.61. The first kappa shape index (κ1) is 13.2. The molecule has 0 spiro atoms. The van der Waals surface area contributed by atoms with Crippen LogP contribution in [0.25, 0.3) is 0 Å². The number of nitrogens with two attached hydrogens (primary N) is 1. The smallest absolute Gasteiger partial charge is 0.170 e. The maximum absolute atomic E-state index is 8.55. The van der Waals surface area contributed by atoms with Crippen LogP contribution < -0.4 is 10.5 Å². The summed E-state index contributed by atoms with van der Waals surface area (Å²) in [5.41, 5.74) is 7.14. The molecular formula is C14H13ClN2O2. The van der Waals surface area contributed by atoms with Gasteiger partial charge in [0, 0.05) is 10.6 Å². The number of oxime groups is 1. The first-order chi connectivity index (χ1) is 9.19. The molecule has 0 bridgehead atoms. The van der Waals surface area contributed by atoms with E-state index in [1.54, 1.807) is 24.3 Å². The van der Waals surface area contributed by atoms with E-state index >= 15 is 0 Å². The van der Waals surface area contributed by atoms with E-state index in [1.165, 1.54) is 0 Å². The molecule has 0 aromatic heterocycles. The van der Waals surface area contributed by atoms with Gasteiger partial charge in [-0.15, -0.1) is 0 Å². The molecule has 0 saturated carbocycles. The first-order valence-electron chi connectivity index (χ1n) is 5.64. The van der Waals surface area contributed by atoms with Crippen LogP contribution in [-0.2, 0) is 6.61 Å². The largest absolute Gasteiger partial charge is 0.489 e. The minimum atomic E-state index is 0.0734. The second-order valence-electron chi connectivity index (χ2n) is 3.92. The third-order valence-corrected chi connectivity index (χ3v) is 2.83. The summed E-state index contributed by atoms with van der Waals surface area (Å²) >= 11 is 5.81. The van der Waals surface area contributed by atoms with Crippen LogP contribution in [0.1, 0.15) is 11.1 Å². The molecule has 0 radical (unpaired) electrons. The van der Waals surface area contributed by atoms with E-state index in [9.17, 15) is 0 Å². The number of amidine groups is 1. The number of ether oxygens (including phenoxy) is 1. The zero-order chi connectivity index (χ0) is 13.7. The molecular weight excluding hydrogens is 264 g/mol. The second kappa shape index (κ2) is 6.11. The highest BCUT2D eigenvalue weighted by molar-refractivity contribution is 6.30. The molecule has 0 unspecified atom stereocenters. The van der Waals surface area contributed by atoms with Crippen LogP contribution in [0.15, 0.2) is 53.7 Å². The number of hydrogen-bond donors (Lipinski definition) is 2. The van der Waals surface area contributed by atoms with Gasteiger partial charge in [-0.05, 0) is 42.0 Å². The van der Waals surface area contributed by atoms with E-state index in [4.69, 9.17) is 27.3 Å². The molecule has 2 aromatic rings. The van der Waals surface area contributed by atoms with E-state index in [-0.39, 0.29) is 5.84 Å². The van der Waals surface area contributed by atoms with E-state index in [0.717, 1.165) is 5.56 Å². The van der Waals surface area contributed by atoms with Crippen molar-refractivity contribution in [2.75, 3.05) is 0 Å². The molecule has 5 heteroatoms. The zero-order valence-corrected chi connectivity index (χ0v) is 10.8. The zero-order valence-electron chi connectivity index (χ0n) is 10.1. The Hall–Kier alpha value is -2.20. The Morgan fingerprint density at radius 1 is 1.11 bits per heavy atom. The molecule has 19 heavy (non-hydrogen) atoms. The minimum absolute atomic E-state index is 0.0734. The lowest BCUT2D eigenvalue weighted by molar-refractivity contribution is 0.306. The lowest BCUT2D eigenvalue weighted by Gasteiger charge is -2.07. The number of benzene rings is 2. The fourth-order valence-corrected chi connectivity index (χ4v) is 1.65. The average molecular weight is 277 g/mol. The fraction of sp³-hybridized carbons (Fsp3) is 0.0714. The Labute approximate surface area is 116 Å². The van der Waals surface area contributed by atoms with Gasteiger partial charge in [0.1, 0.15) is 12.4 Å². The molecule has 2 aromatic carbocycles. The van der Waals surface area contributed by atoms with E-state index in [0.29, 0.717) is 22.9 Å². The molecule has 98 valence electrons. The van der Waals surface area contributed by atoms with Crippen molar-refractivity contribution in [3.05, 3.63) is 64.7 Å². The summed E-state index contributed by atoms with van der Waals surface area (Å²) in [6.07, 6.45) is 0. The van der Waals surface area contributed by atoms with Crippen LogP contribution in [0.4, 0.5) is 0 Å². The lowest BCUT2D eigenvalue weighted by Crippen LogP contribution is -2.12. The maximum atomic E-state index is 8.55. The Morgan fingerprint density at radius 2 is 1.74 bits per heavy atom. The van der Waals surface area contributed by atoms with Gasteiger partial charge in [-0.25, -0.2) is 0 Å². The summed E-state index contributed by atoms with van der Waals surface area (Å²) in [6.45, 7) is 0.458. The summed E-state index contributed by atoms with van der Waals surface area (Å²) in [7, 11) is 0. The minimum Gasteiger partial charge on any atom is -0.489 e. The third kappa shape index (κ3) is 3.63. The van der Waals surface area contributed by atoms with Crippen LogP contribution in [0.5, 0.6) is 5.75 Å². The van der Waals surface area contributed by atoms with Crippen LogP contribution in [-0.4, -0.2) is 11.0 Å². The number of nitrogens with zero attached hydrogens (tertiary/aromatic N) is 1. The van der Waals surface area contributed by atoms with Gasteiger partial charge >= 0.3 is 0 Å². The molecule has 0 aliphatic carbocycles. The number of rotatable bonds is 4. The van der Waals surface area contributed by atoms with Crippen molar-refractivity contribution in [1.82, 2.24) is 0 Å². The van der Waals surface area contributed by atoms with Gasteiger partial charge in [0.05, 0.1) is 0 Å². The van der Waals surface area contributed by atoms with Gasteiger partial charge in [0.2, 0.25) is 0 Å². The normalized spacial score (nSPS) is 11.3. The van der Waals surface area contributed by atoms with Gasteiger partial charge in [-0.3, -0.25) is 0 Å². The Bertz CT molecular complexity index is 565. The number of halogens is 1. The SMILES string of the molecule is N/C(=N\O)c1ccc(OCc2ccc(Cl)cc2)cc1. The van der Waals surface area contributed by atoms with Gasteiger partial charge < -0.3 is 15.7 Å². The first-order valence-corrected chi connectivity index (χ1v) is 6.02. The van der Waals surface area contributed by atoms with Crippen LogP contribution in [0, 0.1) is 0 Å². The molecule has 0 heterocycles. The second-order valence-corrected chi connectivity index (χ2v) is 4.36. The molecule has 0 aliphatic heterocycles. The third-order valence-electron chi connectivity index (χ3n) is 2.58. The highest BCUT2D eigenvalue weighted by Crippen LogP contribution is 2.15. The maximum Gasteiger partial charge on any atom is 0.170 e. The molecule has 2 rings (SSSR count). The van der Waals surface area contributed by atoms with Gasteiger partial charge in [-0.1, -0.05) is 28.9 Å². The molecule has 0 atom stereocenters. The van der Waals surface area contributed by atoms with Gasteiger partial charge in [0.25, 0.3) is 0 Å². The van der Waals surface area contributed by atoms with Gasteiger partial charge in [-0.2, -0.15) is 0 Å². The monoisotopic (exact) mass is 276 g/mol. The molecule has 4 nitrogen and oxygen atoms in total. The van der Waals surface area contributed by atoms with E-state index in [1.807, 2.05) is 24.3 Å². The molecule has 0 aliphatic rings. The van der Waals surface area contributed by atoms with Crippen molar-refractivity contribution >= 4 is 17.4 Å². The van der Waals surface area contributed by atoms with Crippen LogP contribution in [0.3, 0.4) is 0 Å². The summed E-state index contributed by atoms with van der Waals surface area (Å²) in [5.74, 6) is 0.786. The summed E-state index contributed by atoms with van der Waals surface area (Å²) in [4.78, 5) is 0. The van der Waals surface area contributed by atoms with Crippen LogP contribution >= 0.6 is 11.6 Å². The number of hydrogen-bond acceptors (Lipinski definition) is 3. The van der Waals surface area contributed by atoms with Crippen molar-refractivity contribution in [3.8, 4) is 5.75 Å². The van der Waals surface area contributed by atoms with Crippen LogP contribution in [0.2, 0.25) is 5.02 Å². The van der Waals surface area contributed by atoms with Crippen molar-refractivity contribution < 1.29 is 9.94 Å². The van der Waals surface area contributed by atoms with Crippen molar-refractivity contribution in [2.45, 2.75) is 6.61 Å². The fourth-order valence-electron chi connectivity index (χ4n) is 1.53.